The Morgan fingerprint density at radius 3 is 3.08 bits per heavy atom. The van der Waals surface area contributed by atoms with E-state index in [0.717, 1.165) is 21.1 Å². The maximum atomic E-state index is 9.05. The normalized spacial score (nSPS) is 11.0. The number of aliphatic hydroxyl groups is 1. The molecule has 3 nitrogen and oxygen atoms in total. The Morgan fingerprint density at radius 1 is 1.62 bits per heavy atom. The average Bonchev–Trinajstić information content (AvgIpc) is 2.43. The Kier molecular flexibility index (Phi) is 2.09. The number of pyridine rings is 1. The molecule has 0 spiro atoms. The van der Waals surface area contributed by atoms with Crippen molar-refractivity contribution in [1.82, 2.24) is 9.55 Å². The number of fused-ring (bicyclic) bond motifs is 1. The van der Waals surface area contributed by atoms with E-state index in [1.165, 1.54) is 0 Å². The van der Waals surface area contributed by atoms with Gasteiger partial charge >= 0.3 is 0 Å². The van der Waals surface area contributed by atoms with Crippen LogP contribution in [-0.4, -0.2) is 14.7 Å². The first-order valence-corrected chi connectivity index (χ1v) is 4.72. The van der Waals surface area contributed by atoms with Gasteiger partial charge < -0.3 is 9.67 Å². The smallest absolute Gasteiger partial charge is 0.0936 e. The monoisotopic (exact) mass is 240 g/mol. The number of nitrogens with zero attached hydrogens (tertiary/aromatic N) is 2. The van der Waals surface area contributed by atoms with E-state index in [9.17, 15) is 0 Å². The van der Waals surface area contributed by atoms with Gasteiger partial charge in [0.05, 0.1) is 17.6 Å². The van der Waals surface area contributed by atoms with Crippen LogP contribution in [0.15, 0.2) is 22.9 Å². The number of hydrogen-bond donors (Lipinski definition) is 1. The Hall–Kier alpha value is -0.870. The second-order valence-corrected chi connectivity index (χ2v) is 3.86. The lowest BCUT2D eigenvalue weighted by molar-refractivity contribution is 0.283. The van der Waals surface area contributed by atoms with Crippen molar-refractivity contribution in [3.8, 4) is 0 Å². The third-order valence-electron chi connectivity index (χ3n) is 2.04. The van der Waals surface area contributed by atoms with Crippen molar-refractivity contribution in [1.29, 1.82) is 0 Å². The summed E-state index contributed by atoms with van der Waals surface area (Å²) >= 11 is 3.36. The number of aliphatic hydroxyl groups excluding tert-OH is 1. The van der Waals surface area contributed by atoms with E-state index in [0.29, 0.717) is 0 Å². The summed E-state index contributed by atoms with van der Waals surface area (Å²) in [6, 6.07) is 1.99. The zero-order valence-corrected chi connectivity index (χ0v) is 8.74. The van der Waals surface area contributed by atoms with Gasteiger partial charge in [0.15, 0.2) is 0 Å². The molecule has 0 amide bonds. The van der Waals surface area contributed by atoms with Crippen molar-refractivity contribution in [2.24, 2.45) is 7.05 Å². The SMILES string of the molecule is Cn1cc(CO)c2ncc(Br)cc21. The molecule has 2 aromatic rings. The van der Waals surface area contributed by atoms with Crippen LogP contribution in [0.25, 0.3) is 11.0 Å². The minimum Gasteiger partial charge on any atom is -0.392 e. The predicted octanol–water partition coefficient (Wildman–Crippen LogP) is 1.83. The highest BCUT2D eigenvalue weighted by Gasteiger charge is 2.06. The zero-order chi connectivity index (χ0) is 9.42. The van der Waals surface area contributed by atoms with Crippen LogP contribution in [0.3, 0.4) is 0 Å². The molecular weight excluding hydrogens is 232 g/mol. The first kappa shape index (κ1) is 8.72. The van der Waals surface area contributed by atoms with Crippen LogP contribution in [0, 0.1) is 0 Å². The molecule has 13 heavy (non-hydrogen) atoms. The Balaban J connectivity index is 2.80. The Bertz CT molecular complexity index is 450. The summed E-state index contributed by atoms with van der Waals surface area (Å²) in [7, 11) is 1.94. The molecule has 0 saturated heterocycles. The summed E-state index contributed by atoms with van der Waals surface area (Å²) in [5, 5.41) is 9.05. The number of aromatic nitrogens is 2. The molecule has 0 unspecified atom stereocenters. The Morgan fingerprint density at radius 2 is 2.38 bits per heavy atom. The summed E-state index contributed by atoms with van der Waals surface area (Å²) in [5.41, 5.74) is 2.76. The largest absolute Gasteiger partial charge is 0.392 e. The molecule has 68 valence electrons. The van der Waals surface area contributed by atoms with Gasteiger partial charge in [0.2, 0.25) is 0 Å². The van der Waals surface area contributed by atoms with Gasteiger partial charge in [-0.3, -0.25) is 4.98 Å². The van der Waals surface area contributed by atoms with Crippen molar-refractivity contribution in [2.45, 2.75) is 6.61 Å². The molecule has 0 radical (unpaired) electrons. The lowest BCUT2D eigenvalue weighted by Gasteiger charge is -1.95. The molecule has 0 aliphatic rings. The van der Waals surface area contributed by atoms with E-state index in [2.05, 4.69) is 20.9 Å². The lowest BCUT2D eigenvalue weighted by Crippen LogP contribution is -1.84. The van der Waals surface area contributed by atoms with Crippen LogP contribution in [0.1, 0.15) is 5.56 Å². The quantitative estimate of drug-likeness (QED) is 0.827. The van der Waals surface area contributed by atoms with Crippen molar-refractivity contribution in [3.05, 3.63) is 28.5 Å². The van der Waals surface area contributed by atoms with Crippen LogP contribution in [0.5, 0.6) is 0 Å². The van der Waals surface area contributed by atoms with Crippen LogP contribution < -0.4 is 0 Å². The highest BCUT2D eigenvalue weighted by Crippen LogP contribution is 2.21. The van der Waals surface area contributed by atoms with E-state index in [1.54, 1.807) is 6.20 Å². The number of halogens is 1. The molecule has 1 N–H and O–H groups in total. The number of rotatable bonds is 1. The second-order valence-electron chi connectivity index (χ2n) is 2.94. The second kappa shape index (κ2) is 3.12. The van der Waals surface area contributed by atoms with Gasteiger partial charge in [0, 0.05) is 29.5 Å². The minimum atomic E-state index is 0.0337. The van der Waals surface area contributed by atoms with Gasteiger partial charge in [-0.2, -0.15) is 0 Å². The van der Waals surface area contributed by atoms with Crippen molar-refractivity contribution >= 4 is 27.0 Å². The fraction of sp³-hybridized carbons (Fsp3) is 0.222. The van der Waals surface area contributed by atoms with Crippen molar-refractivity contribution in [3.63, 3.8) is 0 Å². The van der Waals surface area contributed by atoms with Gasteiger partial charge in [0.1, 0.15) is 0 Å². The fourth-order valence-corrected chi connectivity index (χ4v) is 1.74. The third kappa shape index (κ3) is 1.36. The van der Waals surface area contributed by atoms with Crippen LogP contribution in [0.2, 0.25) is 0 Å². The molecule has 0 atom stereocenters. The fourth-order valence-electron chi connectivity index (χ4n) is 1.43. The first-order valence-electron chi connectivity index (χ1n) is 3.92. The number of hydrogen-bond acceptors (Lipinski definition) is 2. The Labute approximate surface area is 84.1 Å². The molecule has 4 heteroatoms. The van der Waals surface area contributed by atoms with Gasteiger partial charge in [-0.25, -0.2) is 0 Å². The van der Waals surface area contributed by atoms with Crippen molar-refractivity contribution in [2.75, 3.05) is 0 Å². The highest BCUT2D eigenvalue weighted by molar-refractivity contribution is 9.10. The van der Waals surface area contributed by atoms with Crippen LogP contribution >= 0.6 is 15.9 Å². The third-order valence-corrected chi connectivity index (χ3v) is 2.47. The summed E-state index contributed by atoms with van der Waals surface area (Å²) in [6.45, 7) is 0.0337. The molecular formula is C9H9BrN2O. The highest BCUT2D eigenvalue weighted by atomic mass is 79.9. The van der Waals surface area contributed by atoms with Crippen LogP contribution in [-0.2, 0) is 13.7 Å². The summed E-state index contributed by atoms with van der Waals surface area (Å²) in [6.07, 6.45) is 3.63. The summed E-state index contributed by atoms with van der Waals surface area (Å²) < 4.78 is 2.91. The van der Waals surface area contributed by atoms with E-state index < -0.39 is 0 Å². The molecule has 0 saturated carbocycles. The first-order chi connectivity index (χ1) is 6.22. The average molecular weight is 241 g/mol. The summed E-state index contributed by atoms with van der Waals surface area (Å²) in [5.74, 6) is 0. The molecule has 0 fully saturated rings. The standard InChI is InChI=1S/C9H9BrN2O/c1-12-4-6(5-13)9-8(12)2-7(10)3-11-9/h2-4,13H,5H2,1H3. The van der Waals surface area contributed by atoms with Crippen LogP contribution in [0.4, 0.5) is 0 Å². The topological polar surface area (TPSA) is 38.0 Å². The van der Waals surface area contributed by atoms with E-state index >= 15 is 0 Å². The van der Waals surface area contributed by atoms with Gasteiger partial charge in [-0.15, -0.1) is 0 Å². The summed E-state index contributed by atoms with van der Waals surface area (Å²) in [4.78, 5) is 4.24. The number of aryl methyl sites for hydroxylation is 1. The molecule has 2 heterocycles. The van der Waals surface area contributed by atoms with E-state index in [-0.39, 0.29) is 6.61 Å². The molecule has 0 aliphatic heterocycles. The zero-order valence-electron chi connectivity index (χ0n) is 7.16. The maximum absolute atomic E-state index is 9.05. The molecule has 0 bridgehead atoms. The van der Waals surface area contributed by atoms with Gasteiger partial charge in [0.25, 0.3) is 0 Å². The van der Waals surface area contributed by atoms with Crippen molar-refractivity contribution < 1.29 is 5.11 Å². The minimum absolute atomic E-state index is 0.0337. The lowest BCUT2D eigenvalue weighted by atomic mass is 10.3. The molecule has 0 aromatic carbocycles. The van der Waals surface area contributed by atoms with Gasteiger partial charge in [-0.1, -0.05) is 0 Å². The molecule has 2 rings (SSSR count). The van der Waals surface area contributed by atoms with E-state index in [4.69, 9.17) is 5.11 Å². The molecule has 0 aliphatic carbocycles. The maximum Gasteiger partial charge on any atom is 0.0936 e. The van der Waals surface area contributed by atoms with Gasteiger partial charge in [-0.05, 0) is 22.0 Å². The molecule has 2 aromatic heterocycles. The predicted molar refractivity (Wildman–Crippen MR) is 54.3 cm³/mol. The van der Waals surface area contributed by atoms with E-state index in [1.807, 2.05) is 23.9 Å².